The van der Waals surface area contributed by atoms with Crippen LogP contribution < -0.4 is 0 Å². The van der Waals surface area contributed by atoms with E-state index in [0.717, 1.165) is 18.9 Å². The second-order valence-corrected chi connectivity index (χ2v) is 5.06. The van der Waals surface area contributed by atoms with Crippen LogP contribution in [-0.4, -0.2) is 28.7 Å². The van der Waals surface area contributed by atoms with Gasteiger partial charge in [-0.25, -0.2) is 4.99 Å². The van der Waals surface area contributed by atoms with Crippen LogP contribution in [0.15, 0.2) is 29.3 Å². The summed E-state index contributed by atoms with van der Waals surface area (Å²) in [5.41, 5.74) is 0.517. The number of nitro benzene ring substituents is 1. The Morgan fingerprint density at radius 1 is 1.32 bits per heavy atom. The average Bonchev–Trinajstić information content (AvgIpc) is 2.89. The van der Waals surface area contributed by atoms with Gasteiger partial charge in [-0.15, -0.1) is 0 Å². The molecule has 5 heteroatoms. The summed E-state index contributed by atoms with van der Waals surface area (Å²) in [5.74, 6) is 1.21. The number of likely N-dealkylation sites (tertiary alicyclic amines) is 1. The summed E-state index contributed by atoms with van der Waals surface area (Å²) in [4.78, 5) is 17.4. The zero-order chi connectivity index (χ0) is 13.8. The highest BCUT2D eigenvalue weighted by molar-refractivity contribution is 5.87. The molecule has 0 N–H and O–H groups in total. The minimum atomic E-state index is -0.374. The number of nitro groups is 1. The Labute approximate surface area is 113 Å². The van der Waals surface area contributed by atoms with Gasteiger partial charge in [-0.3, -0.25) is 10.1 Å². The highest BCUT2D eigenvalue weighted by Crippen LogP contribution is 2.28. The maximum atomic E-state index is 11.0. The molecule has 0 radical (unpaired) electrons. The second-order valence-electron chi connectivity index (χ2n) is 5.06. The summed E-state index contributed by atoms with van der Waals surface area (Å²) >= 11 is 0. The van der Waals surface area contributed by atoms with Gasteiger partial charge in [0.25, 0.3) is 5.69 Å². The Morgan fingerprint density at radius 3 is 2.53 bits per heavy atom. The average molecular weight is 261 g/mol. The predicted molar refractivity (Wildman–Crippen MR) is 75.8 cm³/mol. The first-order valence-corrected chi connectivity index (χ1v) is 6.66. The number of rotatable bonds is 3. The van der Waals surface area contributed by atoms with E-state index in [2.05, 4.69) is 23.7 Å². The Kier molecular flexibility index (Phi) is 4.14. The van der Waals surface area contributed by atoms with Crippen molar-refractivity contribution in [2.75, 3.05) is 13.1 Å². The van der Waals surface area contributed by atoms with Crippen molar-refractivity contribution in [1.29, 1.82) is 0 Å². The van der Waals surface area contributed by atoms with Crippen LogP contribution in [-0.2, 0) is 0 Å². The molecule has 1 aromatic carbocycles. The summed E-state index contributed by atoms with van der Waals surface area (Å²) in [6.45, 7) is 6.15. The minimum absolute atomic E-state index is 0.0693. The number of hydrogen-bond donors (Lipinski definition) is 0. The van der Waals surface area contributed by atoms with Crippen molar-refractivity contribution in [2.24, 2.45) is 10.9 Å². The number of amidine groups is 1. The molecule has 1 heterocycles. The Morgan fingerprint density at radius 2 is 1.95 bits per heavy atom. The van der Waals surface area contributed by atoms with E-state index in [1.54, 1.807) is 18.2 Å². The molecule has 0 aromatic heterocycles. The number of hydrogen-bond acceptors (Lipinski definition) is 3. The van der Waals surface area contributed by atoms with Gasteiger partial charge in [-0.05, 0) is 18.9 Å². The molecule has 0 saturated carbocycles. The summed E-state index contributed by atoms with van der Waals surface area (Å²) in [6.07, 6.45) is 2.34. The molecular formula is C14H19N3O2. The first-order chi connectivity index (χ1) is 9.09. The van der Waals surface area contributed by atoms with Gasteiger partial charge >= 0.3 is 0 Å². The molecule has 2 rings (SSSR count). The fourth-order valence-electron chi connectivity index (χ4n) is 2.35. The van der Waals surface area contributed by atoms with Crippen LogP contribution >= 0.6 is 0 Å². The van der Waals surface area contributed by atoms with Crippen molar-refractivity contribution in [2.45, 2.75) is 26.7 Å². The number of aliphatic imine (C=N–C) groups is 1. The van der Waals surface area contributed by atoms with Crippen LogP contribution in [0, 0.1) is 16.0 Å². The van der Waals surface area contributed by atoms with Gasteiger partial charge < -0.3 is 4.90 Å². The number of nitrogens with zero attached hydrogens (tertiary/aromatic N) is 3. The molecular weight excluding hydrogens is 242 g/mol. The van der Waals surface area contributed by atoms with Gasteiger partial charge in [0.1, 0.15) is 11.5 Å². The molecule has 102 valence electrons. The topological polar surface area (TPSA) is 58.7 Å². The highest BCUT2D eigenvalue weighted by Gasteiger charge is 2.20. The van der Waals surface area contributed by atoms with Gasteiger partial charge in [0.05, 0.1) is 4.92 Å². The minimum Gasteiger partial charge on any atom is -0.360 e. The maximum Gasteiger partial charge on any atom is 0.294 e. The molecule has 0 atom stereocenters. The zero-order valence-electron chi connectivity index (χ0n) is 11.4. The van der Waals surface area contributed by atoms with Gasteiger partial charge in [-0.2, -0.15) is 0 Å². The molecule has 1 saturated heterocycles. The molecule has 19 heavy (non-hydrogen) atoms. The summed E-state index contributed by atoms with van der Waals surface area (Å²) < 4.78 is 0. The molecule has 1 fully saturated rings. The predicted octanol–water partition coefficient (Wildman–Crippen LogP) is 3.38. The third-order valence-electron chi connectivity index (χ3n) is 3.26. The Bertz CT molecular complexity index is 491. The molecule has 1 aliphatic rings. The third-order valence-corrected chi connectivity index (χ3v) is 3.26. The molecule has 0 unspecified atom stereocenters. The number of benzene rings is 1. The first kappa shape index (κ1) is 13.5. The van der Waals surface area contributed by atoms with Crippen molar-refractivity contribution in [1.82, 2.24) is 4.90 Å². The maximum absolute atomic E-state index is 11.0. The van der Waals surface area contributed by atoms with E-state index in [4.69, 9.17) is 0 Å². The van der Waals surface area contributed by atoms with Crippen molar-refractivity contribution in [3.05, 3.63) is 34.4 Å². The van der Waals surface area contributed by atoms with Crippen molar-refractivity contribution in [3.63, 3.8) is 0 Å². The molecule has 0 bridgehead atoms. The van der Waals surface area contributed by atoms with Crippen LogP contribution in [0.4, 0.5) is 11.4 Å². The van der Waals surface area contributed by atoms with E-state index < -0.39 is 0 Å². The van der Waals surface area contributed by atoms with Crippen molar-refractivity contribution in [3.8, 4) is 0 Å². The van der Waals surface area contributed by atoms with Gasteiger partial charge in [0.15, 0.2) is 0 Å². The van der Waals surface area contributed by atoms with E-state index >= 15 is 0 Å². The lowest BCUT2D eigenvalue weighted by Gasteiger charge is -2.23. The van der Waals surface area contributed by atoms with E-state index in [0.29, 0.717) is 5.69 Å². The summed E-state index contributed by atoms with van der Waals surface area (Å²) in [7, 11) is 0. The normalized spacial score (nSPS) is 16.2. The van der Waals surface area contributed by atoms with Gasteiger partial charge in [0.2, 0.25) is 0 Å². The SMILES string of the molecule is CC(C)C(=Nc1ccccc1[N+](=O)[O-])N1CCCC1. The van der Waals surface area contributed by atoms with E-state index in [1.165, 1.54) is 18.9 Å². The van der Waals surface area contributed by atoms with Crippen LogP contribution in [0.3, 0.4) is 0 Å². The lowest BCUT2D eigenvalue weighted by molar-refractivity contribution is -0.384. The van der Waals surface area contributed by atoms with E-state index in [9.17, 15) is 10.1 Å². The lowest BCUT2D eigenvalue weighted by Crippen LogP contribution is -2.31. The van der Waals surface area contributed by atoms with Crippen LogP contribution in [0.5, 0.6) is 0 Å². The third kappa shape index (κ3) is 3.10. The highest BCUT2D eigenvalue weighted by atomic mass is 16.6. The van der Waals surface area contributed by atoms with E-state index in [1.807, 2.05) is 0 Å². The molecule has 0 spiro atoms. The monoisotopic (exact) mass is 261 g/mol. The van der Waals surface area contributed by atoms with Gasteiger partial charge in [-0.1, -0.05) is 26.0 Å². The van der Waals surface area contributed by atoms with E-state index in [-0.39, 0.29) is 16.5 Å². The standard InChI is InChI=1S/C14H19N3O2/c1-11(2)14(16-9-5-6-10-16)15-12-7-3-4-8-13(12)17(18)19/h3-4,7-8,11H,5-6,9-10H2,1-2H3. The Hall–Kier alpha value is -1.91. The zero-order valence-corrected chi connectivity index (χ0v) is 11.4. The van der Waals surface area contributed by atoms with Crippen LogP contribution in [0.1, 0.15) is 26.7 Å². The van der Waals surface area contributed by atoms with Crippen LogP contribution in [0.25, 0.3) is 0 Å². The lowest BCUT2D eigenvalue weighted by atomic mass is 10.1. The fraction of sp³-hybridized carbons (Fsp3) is 0.500. The molecule has 5 nitrogen and oxygen atoms in total. The largest absolute Gasteiger partial charge is 0.360 e. The Balaban J connectivity index is 2.38. The molecule has 1 aromatic rings. The number of para-hydroxylation sites is 2. The summed E-state index contributed by atoms with van der Waals surface area (Å²) in [6, 6.07) is 6.66. The quantitative estimate of drug-likeness (QED) is 0.363. The molecule has 0 amide bonds. The van der Waals surface area contributed by atoms with Crippen molar-refractivity contribution < 1.29 is 4.92 Å². The fourth-order valence-corrected chi connectivity index (χ4v) is 2.35. The molecule has 0 aliphatic carbocycles. The first-order valence-electron chi connectivity index (χ1n) is 6.66. The van der Waals surface area contributed by atoms with Crippen LogP contribution in [0.2, 0.25) is 0 Å². The molecule has 1 aliphatic heterocycles. The smallest absolute Gasteiger partial charge is 0.294 e. The second kappa shape index (κ2) is 5.82. The summed E-state index contributed by atoms with van der Waals surface area (Å²) in [5, 5.41) is 11.0. The van der Waals surface area contributed by atoms with Gasteiger partial charge in [0, 0.05) is 25.1 Å². The van der Waals surface area contributed by atoms with Crippen molar-refractivity contribution >= 4 is 17.2 Å².